The van der Waals surface area contributed by atoms with Gasteiger partial charge in [0.15, 0.2) is 0 Å². The predicted octanol–water partition coefficient (Wildman–Crippen LogP) is 5.34. The first-order chi connectivity index (χ1) is 13.1. The van der Waals surface area contributed by atoms with Crippen molar-refractivity contribution in [2.75, 3.05) is 18.5 Å². The third-order valence-electron chi connectivity index (χ3n) is 4.69. The van der Waals surface area contributed by atoms with Crippen LogP contribution in [0.25, 0.3) is 10.9 Å². The van der Waals surface area contributed by atoms with E-state index >= 15 is 0 Å². The van der Waals surface area contributed by atoms with Gasteiger partial charge in [0.25, 0.3) is 5.91 Å². The van der Waals surface area contributed by atoms with Crippen molar-refractivity contribution in [2.24, 2.45) is 0 Å². The molecule has 0 aliphatic rings. The molecule has 1 heterocycles. The Labute approximate surface area is 162 Å². The summed E-state index contributed by atoms with van der Waals surface area (Å²) in [6.45, 7) is 9.18. The molecule has 27 heavy (non-hydrogen) atoms. The highest BCUT2D eigenvalue weighted by atomic mass is 16.5. The summed E-state index contributed by atoms with van der Waals surface area (Å²) in [5, 5.41) is 3.92. The van der Waals surface area contributed by atoms with Crippen LogP contribution in [0, 0.1) is 0 Å². The molecule has 0 aliphatic heterocycles. The van der Waals surface area contributed by atoms with Gasteiger partial charge in [-0.05, 0) is 51.0 Å². The number of carbonyl (C=O) groups is 1. The number of benzene rings is 1. The summed E-state index contributed by atoms with van der Waals surface area (Å²) in [4.78, 5) is 17.5. The molecule has 0 spiro atoms. The van der Waals surface area contributed by atoms with Crippen LogP contribution in [0.4, 0.5) is 5.69 Å². The molecule has 0 fully saturated rings. The van der Waals surface area contributed by atoms with Crippen LogP contribution in [0.5, 0.6) is 5.75 Å². The average Bonchev–Trinajstić information content (AvgIpc) is 2.68. The van der Waals surface area contributed by atoms with Crippen molar-refractivity contribution < 1.29 is 14.3 Å². The molecule has 0 saturated carbocycles. The number of unbranched alkanes of at least 4 members (excludes halogenated alkanes) is 2. The van der Waals surface area contributed by atoms with Gasteiger partial charge in [0, 0.05) is 18.2 Å². The zero-order chi connectivity index (χ0) is 19.7. The molecular formula is C22H32N2O3. The molecule has 1 atom stereocenters. The second kappa shape index (κ2) is 10.3. The number of nitrogens with zero attached hydrogens (tertiary/aromatic N) is 1. The minimum absolute atomic E-state index is 0.123. The lowest BCUT2D eigenvalue weighted by Crippen LogP contribution is -2.42. The maximum atomic E-state index is 13.0. The summed E-state index contributed by atoms with van der Waals surface area (Å²) in [5.74, 6) is 0.623. The van der Waals surface area contributed by atoms with Crippen LogP contribution < -0.4 is 10.1 Å². The van der Waals surface area contributed by atoms with Gasteiger partial charge in [-0.1, -0.05) is 33.1 Å². The summed E-state index contributed by atoms with van der Waals surface area (Å²) in [6, 6.07) is 7.58. The van der Waals surface area contributed by atoms with E-state index in [1.807, 2.05) is 38.1 Å². The van der Waals surface area contributed by atoms with Gasteiger partial charge in [-0.2, -0.15) is 0 Å². The summed E-state index contributed by atoms with van der Waals surface area (Å²) >= 11 is 0. The summed E-state index contributed by atoms with van der Waals surface area (Å²) in [5.41, 5.74) is 0.654. The topological polar surface area (TPSA) is 60.5 Å². The van der Waals surface area contributed by atoms with Gasteiger partial charge >= 0.3 is 0 Å². The van der Waals surface area contributed by atoms with E-state index in [1.54, 1.807) is 6.20 Å². The third-order valence-corrected chi connectivity index (χ3v) is 4.69. The third kappa shape index (κ3) is 5.42. The predicted molar refractivity (Wildman–Crippen MR) is 110 cm³/mol. The molecule has 148 valence electrons. The molecule has 1 amide bonds. The normalized spacial score (nSPS) is 13.3. The number of hydrogen-bond donors (Lipinski definition) is 1. The molecule has 1 aromatic heterocycles. The van der Waals surface area contributed by atoms with Gasteiger partial charge in [0.2, 0.25) is 0 Å². The van der Waals surface area contributed by atoms with Crippen molar-refractivity contribution in [1.82, 2.24) is 4.98 Å². The van der Waals surface area contributed by atoms with E-state index in [2.05, 4.69) is 24.1 Å². The summed E-state index contributed by atoms with van der Waals surface area (Å²) in [7, 11) is 0. The Balaban J connectivity index is 2.27. The van der Waals surface area contributed by atoms with Crippen LogP contribution in [0.15, 0.2) is 30.5 Å². The SMILES string of the molecule is CCCCOc1ccc(NC(=O)C(C)(CCCC)OCC)c2cccnc12. The fourth-order valence-electron chi connectivity index (χ4n) is 3.04. The number of pyridine rings is 1. The summed E-state index contributed by atoms with van der Waals surface area (Å²) in [6.07, 6.45) is 6.47. The Morgan fingerprint density at radius 2 is 1.93 bits per heavy atom. The zero-order valence-corrected chi connectivity index (χ0v) is 17.0. The van der Waals surface area contributed by atoms with Crippen molar-refractivity contribution in [3.8, 4) is 5.75 Å². The molecule has 0 saturated heterocycles. The minimum atomic E-state index is -0.838. The second-order valence-corrected chi connectivity index (χ2v) is 6.93. The number of hydrogen-bond acceptors (Lipinski definition) is 4. The number of carbonyl (C=O) groups excluding carboxylic acids is 1. The highest BCUT2D eigenvalue weighted by molar-refractivity contribution is 6.05. The monoisotopic (exact) mass is 372 g/mol. The van der Waals surface area contributed by atoms with Gasteiger partial charge in [0.05, 0.1) is 12.3 Å². The van der Waals surface area contributed by atoms with Crippen LogP contribution in [0.3, 0.4) is 0 Å². The van der Waals surface area contributed by atoms with Crippen molar-refractivity contribution in [1.29, 1.82) is 0 Å². The van der Waals surface area contributed by atoms with Crippen LogP contribution in [-0.4, -0.2) is 29.7 Å². The molecule has 0 bridgehead atoms. The first-order valence-electron chi connectivity index (χ1n) is 10.0. The molecule has 1 aromatic carbocycles. The lowest BCUT2D eigenvalue weighted by molar-refractivity contribution is -0.139. The van der Waals surface area contributed by atoms with E-state index < -0.39 is 5.60 Å². The molecule has 5 nitrogen and oxygen atoms in total. The molecule has 0 aliphatic carbocycles. The number of nitrogens with one attached hydrogen (secondary N) is 1. The Morgan fingerprint density at radius 3 is 2.63 bits per heavy atom. The highest BCUT2D eigenvalue weighted by Crippen LogP contribution is 2.31. The van der Waals surface area contributed by atoms with Gasteiger partial charge in [-0.3, -0.25) is 9.78 Å². The average molecular weight is 373 g/mol. The maximum Gasteiger partial charge on any atom is 0.256 e. The number of ether oxygens (including phenoxy) is 2. The largest absolute Gasteiger partial charge is 0.491 e. The zero-order valence-electron chi connectivity index (χ0n) is 17.0. The molecule has 1 N–H and O–H groups in total. The van der Waals surface area contributed by atoms with Gasteiger partial charge in [0.1, 0.15) is 16.9 Å². The molecule has 1 unspecified atom stereocenters. The van der Waals surface area contributed by atoms with Crippen LogP contribution in [0.2, 0.25) is 0 Å². The lowest BCUT2D eigenvalue weighted by Gasteiger charge is -2.28. The van der Waals surface area contributed by atoms with E-state index in [-0.39, 0.29) is 5.91 Å². The minimum Gasteiger partial charge on any atom is -0.491 e. The van der Waals surface area contributed by atoms with Crippen molar-refractivity contribution in [3.05, 3.63) is 30.5 Å². The number of rotatable bonds is 11. The number of anilines is 1. The van der Waals surface area contributed by atoms with E-state index in [9.17, 15) is 4.79 Å². The van der Waals surface area contributed by atoms with Crippen LogP contribution in [0.1, 0.15) is 59.8 Å². The van der Waals surface area contributed by atoms with Gasteiger partial charge in [-0.15, -0.1) is 0 Å². The molecule has 2 aromatic rings. The van der Waals surface area contributed by atoms with Crippen molar-refractivity contribution in [3.63, 3.8) is 0 Å². The van der Waals surface area contributed by atoms with E-state index in [0.717, 1.165) is 48.0 Å². The first kappa shape index (κ1) is 21.2. The fraction of sp³-hybridized carbons (Fsp3) is 0.545. The first-order valence-corrected chi connectivity index (χ1v) is 10.0. The Morgan fingerprint density at radius 1 is 1.15 bits per heavy atom. The number of amides is 1. The molecule has 0 radical (unpaired) electrons. The number of fused-ring (bicyclic) bond motifs is 1. The molecule has 5 heteroatoms. The summed E-state index contributed by atoms with van der Waals surface area (Å²) < 4.78 is 11.7. The van der Waals surface area contributed by atoms with E-state index in [0.29, 0.717) is 19.6 Å². The Kier molecular flexibility index (Phi) is 8.04. The molecule has 2 rings (SSSR count). The lowest BCUT2D eigenvalue weighted by atomic mass is 9.97. The van der Waals surface area contributed by atoms with E-state index in [4.69, 9.17) is 9.47 Å². The second-order valence-electron chi connectivity index (χ2n) is 6.93. The number of aromatic nitrogens is 1. The van der Waals surface area contributed by atoms with Gasteiger partial charge < -0.3 is 14.8 Å². The highest BCUT2D eigenvalue weighted by Gasteiger charge is 2.33. The van der Waals surface area contributed by atoms with Crippen LogP contribution >= 0.6 is 0 Å². The fourth-order valence-corrected chi connectivity index (χ4v) is 3.04. The van der Waals surface area contributed by atoms with Crippen molar-refractivity contribution in [2.45, 2.75) is 65.4 Å². The van der Waals surface area contributed by atoms with Crippen LogP contribution in [-0.2, 0) is 9.53 Å². The van der Waals surface area contributed by atoms with Crippen molar-refractivity contribution >= 4 is 22.5 Å². The smallest absolute Gasteiger partial charge is 0.256 e. The van der Waals surface area contributed by atoms with Gasteiger partial charge in [-0.25, -0.2) is 0 Å². The Bertz CT molecular complexity index is 747. The maximum absolute atomic E-state index is 13.0. The Hall–Kier alpha value is -2.14. The molecular weight excluding hydrogens is 340 g/mol. The quantitative estimate of drug-likeness (QED) is 0.541. The standard InChI is InChI=1S/C22H32N2O3/c1-5-8-14-22(4,27-7-3)21(25)24-18-12-13-19(26-16-9-6-2)20-17(18)11-10-15-23-20/h10-13,15H,5-9,14,16H2,1-4H3,(H,24,25). The van der Waals surface area contributed by atoms with E-state index in [1.165, 1.54) is 0 Å².